The highest BCUT2D eigenvalue weighted by Gasteiger charge is 2.08. The van der Waals surface area contributed by atoms with Gasteiger partial charge >= 0.3 is 0 Å². The van der Waals surface area contributed by atoms with Crippen molar-refractivity contribution in [3.05, 3.63) is 62.6 Å². The molecule has 2 aromatic rings. The third-order valence-corrected chi connectivity index (χ3v) is 4.08. The van der Waals surface area contributed by atoms with Crippen molar-refractivity contribution in [3.63, 3.8) is 0 Å². The Morgan fingerprint density at radius 3 is 2.52 bits per heavy atom. The Bertz CT molecular complexity index is 671. The molecule has 0 bridgehead atoms. The van der Waals surface area contributed by atoms with E-state index in [1.165, 1.54) is 0 Å². The molecule has 0 saturated heterocycles. The molecule has 0 spiro atoms. The highest BCUT2D eigenvalue weighted by molar-refractivity contribution is 6.42. The monoisotopic (exact) mass is 341 g/mol. The van der Waals surface area contributed by atoms with Crippen molar-refractivity contribution in [1.82, 2.24) is 0 Å². The molecule has 110 valence electrons. The first kappa shape index (κ1) is 16.2. The predicted octanol–water partition coefficient (Wildman–Crippen LogP) is 5.64. The lowest BCUT2D eigenvalue weighted by Crippen LogP contribution is -2.09. The number of Topliss-reactive ketones (excluding diaryl/α,β-unsaturated/α-hetero) is 1. The van der Waals surface area contributed by atoms with Gasteiger partial charge in [-0.2, -0.15) is 0 Å². The van der Waals surface area contributed by atoms with Crippen LogP contribution in [0.25, 0.3) is 0 Å². The molecule has 1 N–H and O–H groups in total. The summed E-state index contributed by atoms with van der Waals surface area (Å²) >= 11 is 17.7. The van der Waals surface area contributed by atoms with Crippen LogP contribution >= 0.6 is 34.8 Å². The molecule has 0 radical (unpaired) electrons. The molecule has 0 amide bonds. The highest BCUT2D eigenvalue weighted by Crippen LogP contribution is 2.23. The number of hydrogen-bond donors (Lipinski definition) is 1. The van der Waals surface area contributed by atoms with Crippen LogP contribution in [0.5, 0.6) is 0 Å². The van der Waals surface area contributed by atoms with E-state index in [9.17, 15) is 4.79 Å². The third-order valence-electron chi connectivity index (χ3n) is 3.11. The van der Waals surface area contributed by atoms with Crippen molar-refractivity contribution >= 4 is 46.3 Å². The number of halogens is 3. The summed E-state index contributed by atoms with van der Waals surface area (Å²) in [5.41, 5.74) is 2.58. The number of carbonyl (C=O) groups excluding carboxylic acids is 1. The van der Waals surface area contributed by atoms with Gasteiger partial charge in [0.05, 0.1) is 10.0 Å². The SMILES string of the molecule is Cc1ccc(Cl)cc1NCCC(=O)c1ccc(Cl)c(Cl)c1. The maximum atomic E-state index is 12.1. The summed E-state index contributed by atoms with van der Waals surface area (Å²) in [7, 11) is 0. The number of carbonyl (C=O) groups is 1. The van der Waals surface area contributed by atoms with E-state index in [4.69, 9.17) is 34.8 Å². The number of aryl methyl sites for hydroxylation is 1. The van der Waals surface area contributed by atoms with E-state index in [2.05, 4.69) is 5.32 Å². The summed E-state index contributed by atoms with van der Waals surface area (Å²) < 4.78 is 0. The molecule has 0 aliphatic heterocycles. The van der Waals surface area contributed by atoms with Crippen LogP contribution in [-0.4, -0.2) is 12.3 Å². The molecule has 0 saturated carbocycles. The standard InChI is InChI=1S/C16H14Cl3NO/c1-10-2-4-12(17)9-15(10)20-7-6-16(21)11-3-5-13(18)14(19)8-11/h2-5,8-9,20H,6-7H2,1H3. The maximum absolute atomic E-state index is 12.1. The van der Waals surface area contributed by atoms with Crippen molar-refractivity contribution in [2.24, 2.45) is 0 Å². The van der Waals surface area contributed by atoms with Gasteiger partial charge in [-0.05, 0) is 42.8 Å². The number of benzene rings is 2. The van der Waals surface area contributed by atoms with Crippen molar-refractivity contribution in [2.45, 2.75) is 13.3 Å². The van der Waals surface area contributed by atoms with Crippen molar-refractivity contribution in [3.8, 4) is 0 Å². The Labute approximate surface area is 139 Å². The highest BCUT2D eigenvalue weighted by atomic mass is 35.5. The molecule has 2 aromatic carbocycles. The molecule has 0 atom stereocenters. The fourth-order valence-corrected chi connectivity index (χ4v) is 2.38. The predicted molar refractivity (Wildman–Crippen MR) is 90.1 cm³/mol. The fraction of sp³-hybridized carbons (Fsp3) is 0.188. The summed E-state index contributed by atoms with van der Waals surface area (Å²) in [5, 5.41) is 4.72. The molecule has 0 aliphatic carbocycles. The second-order valence-electron chi connectivity index (χ2n) is 4.69. The first-order valence-electron chi connectivity index (χ1n) is 6.45. The molecule has 0 unspecified atom stereocenters. The van der Waals surface area contributed by atoms with E-state index in [0.717, 1.165) is 11.3 Å². The Morgan fingerprint density at radius 1 is 1.05 bits per heavy atom. The van der Waals surface area contributed by atoms with E-state index in [1.807, 2.05) is 25.1 Å². The molecule has 5 heteroatoms. The molecular weight excluding hydrogens is 329 g/mol. The van der Waals surface area contributed by atoms with Gasteiger partial charge in [-0.25, -0.2) is 0 Å². The zero-order valence-electron chi connectivity index (χ0n) is 11.4. The van der Waals surface area contributed by atoms with Crippen LogP contribution in [0.4, 0.5) is 5.69 Å². The van der Waals surface area contributed by atoms with Gasteiger partial charge in [0.2, 0.25) is 0 Å². The van der Waals surface area contributed by atoms with Crippen molar-refractivity contribution < 1.29 is 4.79 Å². The van der Waals surface area contributed by atoms with Crippen LogP contribution < -0.4 is 5.32 Å². The van der Waals surface area contributed by atoms with Crippen LogP contribution in [0.1, 0.15) is 22.3 Å². The smallest absolute Gasteiger partial charge is 0.164 e. The van der Waals surface area contributed by atoms with E-state index < -0.39 is 0 Å². The molecule has 0 aliphatic rings. The van der Waals surface area contributed by atoms with Gasteiger partial charge in [-0.3, -0.25) is 4.79 Å². The summed E-state index contributed by atoms with van der Waals surface area (Å²) in [6.07, 6.45) is 0.365. The van der Waals surface area contributed by atoms with Crippen LogP contribution in [0, 0.1) is 6.92 Å². The molecule has 2 nitrogen and oxygen atoms in total. The van der Waals surface area contributed by atoms with Crippen LogP contribution in [-0.2, 0) is 0 Å². The van der Waals surface area contributed by atoms with Gasteiger partial charge in [0.25, 0.3) is 0 Å². The topological polar surface area (TPSA) is 29.1 Å². The Hall–Kier alpha value is -1.22. The second-order valence-corrected chi connectivity index (χ2v) is 5.94. The lowest BCUT2D eigenvalue weighted by Gasteiger charge is -2.09. The first-order chi connectivity index (χ1) is 9.97. The van der Waals surface area contributed by atoms with Crippen LogP contribution in [0.15, 0.2) is 36.4 Å². The van der Waals surface area contributed by atoms with Crippen molar-refractivity contribution in [1.29, 1.82) is 0 Å². The summed E-state index contributed by atoms with van der Waals surface area (Å²) in [4.78, 5) is 12.1. The Morgan fingerprint density at radius 2 is 1.81 bits per heavy atom. The second kappa shape index (κ2) is 7.17. The van der Waals surface area contributed by atoms with Gasteiger partial charge in [0.1, 0.15) is 0 Å². The number of rotatable bonds is 5. The molecule has 2 rings (SSSR count). The number of ketones is 1. The van der Waals surface area contributed by atoms with E-state index in [0.29, 0.717) is 33.6 Å². The zero-order valence-corrected chi connectivity index (χ0v) is 13.7. The van der Waals surface area contributed by atoms with Crippen molar-refractivity contribution in [2.75, 3.05) is 11.9 Å². The molecule has 0 fully saturated rings. The number of nitrogens with one attached hydrogen (secondary N) is 1. The van der Waals surface area contributed by atoms with E-state index >= 15 is 0 Å². The minimum absolute atomic E-state index is 0.0146. The summed E-state index contributed by atoms with van der Waals surface area (Å²) in [5.74, 6) is 0.0146. The quantitative estimate of drug-likeness (QED) is 0.712. The largest absolute Gasteiger partial charge is 0.384 e. The van der Waals surface area contributed by atoms with Gasteiger partial charge in [0, 0.05) is 29.2 Å². The number of anilines is 1. The normalized spacial score (nSPS) is 10.5. The average Bonchev–Trinajstić information content (AvgIpc) is 2.45. The lowest BCUT2D eigenvalue weighted by molar-refractivity contribution is 0.0986. The molecule has 0 aromatic heterocycles. The van der Waals surface area contributed by atoms with Crippen LogP contribution in [0.3, 0.4) is 0 Å². The fourth-order valence-electron chi connectivity index (χ4n) is 1.91. The van der Waals surface area contributed by atoms with Gasteiger partial charge in [0.15, 0.2) is 5.78 Å². The van der Waals surface area contributed by atoms with Gasteiger partial charge < -0.3 is 5.32 Å². The first-order valence-corrected chi connectivity index (χ1v) is 7.59. The van der Waals surface area contributed by atoms with E-state index in [-0.39, 0.29) is 5.78 Å². The van der Waals surface area contributed by atoms with Crippen LogP contribution in [0.2, 0.25) is 15.1 Å². The molecular formula is C16H14Cl3NO. The minimum Gasteiger partial charge on any atom is -0.384 e. The zero-order chi connectivity index (χ0) is 15.4. The lowest BCUT2D eigenvalue weighted by atomic mass is 10.1. The third kappa shape index (κ3) is 4.37. The Balaban J connectivity index is 1.95. The maximum Gasteiger partial charge on any atom is 0.164 e. The van der Waals surface area contributed by atoms with E-state index in [1.54, 1.807) is 18.2 Å². The van der Waals surface area contributed by atoms with Gasteiger partial charge in [-0.15, -0.1) is 0 Å². The minimum atomic E-state index is 0.0146. The number of hydrogen-bond acceptors (Lipinski definition) is 2. The Kier molecular flexibility index (Phi) is 5.51. The average molecular weight is 343 g/mol. The summed E-state index contributed by atoms with van der Waals surface area (Å²) in [6, 6.07) is 10.5. The molecule has 21 heavy (non-hydrogen) atoms. The summed E-state index contributed by atoms with van der Waals surface area (Å²) in [6.45, 7) is 2.51. The van der Waals surface area contributed by atoms with Gasteiger partial charge in [-0.1, -0.05) is 40.9 Å². The molecule has 0 heterocycles.